The molecule has 3 aliphatic rings. The first-order chi connectivity index (χ1) is 18.6. The van der Waals surface area contributed by atoms with Crippen molar-refractivity contribution in [3.63, 3.8) is 0 Å². The number of imide groups is 1. The number of rotatable bonds is 7. The number of carbonyl (C=O) groups is 2. The van der Waals surface area contributed by atoms with Crippen molar-refractivity contribution < 1.29 is 18.9 Å². The highest BCUT2D eigenvalue weighted by molar-refractivity contribution is 5.92. The molecule has 3 saturated heterocycles. The summed E-state index contributed by atoms with van der Waals surface area (Å²) in [4.78, 5) is 31.2. The second-order valence-electron chi connectivity index (χ2n) is 10.7. The fourth-order valence-corrected chi connectivity index (χ4v) is 6.01. The van der Waals surface area contributed by atoms with Crippen LogP contribution in [0, 0.1) is 11.3 Å². The largest absolute Gasteiger partial charge is 0.493 e. The molecule has 0 spiro atoms. The van der Waals surface area contributed by atoms with Crippen LogP contribution in [-0.2, 0) is 0 Å². The molecule has 0 N–H and O–H groups in total. The monoisotopic (exact) mass is 516 g/mol. The number of hydrogen-bond donors (Lipinski definition) is 0. The van der Waals surface area contributed by atoms with Crippen molar-refractivity contribution in [2.45, 2.75) is 44.9 Å². The molecule has 0 bridgehead atoms. The Bertz CT molecular complexity index is 1110. The summed E-state index contributed by atoms with van der Waals surface area (Å²) < 4.78 is 6.50. The van der Waals surface area contributed by atoms with Gasteiger partial charge in [0.2, 0.25) is 0 Å². The van der Waals surface area contributed by atoms with Gasteiger partial charge in [0.05, 0.1) is 18.2 Å². The van der Waals surface area contributed by atoms with Crippen LogP contribution in [0.1, 0.15) is 50.5 Å². The zero-order valence-corrected chi connectivity index (χ0v) is 22.2. The van der Waals surface area contributed by atoms with Gasteiger partial charge in [0.25, 0.3) is 0 Å². The summed E-state index contributed by atoms with van der Waals surface area (Å²) in [5.74, 6) is 0.800. The lowest BCUT2D eigenvalue weighted by molar-refractivity contribution is -1.00. The number of carbonyl (C=O) groups excluding carboxylic acids is 2. The van der Waals surface area contributed by atoms with E-state index in [1.54, 1.807) is 5.01 Å². The number of nitrogens with zero attached hydrogens (tertiary/aromatic N) is 5. The molecule has 2 aromatic rings. The van der Waals surface area contributed by atoms with Crippen molar-refractivity contribution in [3.05, 3.63) is 54.1 Å². The second-order valence-corrected chi connectivity index (χ2v) is 10.7. The average Bonchev–Trinajstić information content (AvgIpc) is 3.75. The van der Waals surface area contributed by atoms with E-state index in [0.717, 1.165) is 101 Å². The molecule has 3 heterocycles. The van der Waals surface area contributed by atoms with E-state index < -0.39 is 0 Å². The van der Waals surface area contributed by atoms with E-state index in [0.29, 0.717) is 23.3 Å². The lowest BCUT2D eigenvalue weighted by Gasteiger charge is -2.43. The molecule has 200 valence electrons. The van der Waals surface area contributed by atoms with E-state index in [-0.39, 0.29) is 12.1 Å². The Morgan fingerprint density at radius 3 is 1.79 bits per heavy atom. The number of nitriles is 1. The number of hydrogen-bond acceptors (Lipinski definition) is 4. The first-order valence-electron chi connectivity index (χ1n) is 14.1. The van der Waals surface area contributed by atoms with Gasteiger partial charge in [-0.05, 0) is 61.1 Å². The molecule has 0 saturated carbocycles. The molecule has 2 aromatic carbocycles. The normalized spacial score (nSPS) is 18.4. The minimum Gasteiger partial charge on any atom is -0.493 e. The van der Waals surface area contributed by atoms with Crippen molar-refractivity contribution >= 4 is 12.1 Å². The smallest absolute Gasteiger partial charge is 0.373 e. The molecule has 8 heteroatoms. The van der Waals surface area contributed by atoms with Gasteiger partial charge in [0.1, 0.15) is 25.4 Å². The predicted octanol–water partition coefficient (Wildman–Crippen LogP) is 5.25. The molecular weight excluding hydrogens is 478 g/mol. The SMILES string of the molecule is N#Cc1ccc(-c2ccc(OCCC[N+]3(N(C(=O)N4CCCC4)C(=O)N4CCCC4)CCCC3)cc2)cc1. The Hall–Kier alpha value is -3.57. The van der Waals surface area contributed by atoms with E-state index >= 15 is 0 Å². The van der Waals surface area contributed by atoms with E-state index in [2.05, 4.69) is 6.07 Å². The van der Waals surface area contributed by atoms with Crippen LogP contribution in [0.4, 0.5) is 9.59 Å². The van der Waals surface area contributed by atoms with Crippen molar-refractivity contribution in [2.75, 3.05) is 52.4 Å². The highest BCUT2D eigenvalue weighted by atomic mass is 16.5. The molecule has 3 aliphatic heterocycles. The standard InChI is InChI=1S/C30H38N5O3/c31-24-25-8-10-26(11-9-25)27-12-14-28(15-13-27)38-23-7-22-35(20-5-6-21-35)34(29(36)32-16-1-2-17-32)30(37)33-18-3-4-19-33/h8-15H,1-7,16-23H2/q+1. The Morgan fingerprint density at radius 1 is 0.789 bits per heavy atom. The van der Waals surface area contributed by atoms with Crippen LogP contribution in [-0.4, -0.2) is 83.9 Å². The van der Waals surface area contributed by atoms with Gasteiger partial charge in [-0.3, -0.25) is 0 Å². The third-order valence-electron chi connectivity index (χ3n) is 8.13. The third kappa shape index (κ3) is 5.63. The summed E-state index contributed by atoms with van der Waals surface area (Å²) in [6, 6.07) is 17.5. The molecule has 0 atom stereocenters. The fourth-order valence-electron chi connectivity index (χ4n) is 6.01. The Morgan fingerprint density at radius 2 is 1.29 bits per heavy atom. The van der Waals surface area contributed by atoms with Crippen LogP contribution in [0.25, 0.3) is 11.1 Å². The molecular formula is C30H38N5O3+. The molecule has 8 nitrogen and oxygen atoms in total. The van der Waals surface area contributed by atoms with Crippen molar-refractivity contribution in [1.29, 1.82) is 5.26 Å². The summed E-state index contributed by atoms with van der Waals surface area (Å²) in [7, 11) is 0. The van der Waals surface area contributed by atoms with Crippen LogP contribution in [0.15, 0.2) is 48.5 Å². The molecule has 0 aromatic heterocycles. The first kappa shape index (κ1) is 26.1. The van der Waals surface area contributed by atoms with Gasteiger partial charge in [-0.1, -0.05) is 29.3 Å². The molecule has 5 rings (SSSR count). The summed E-state index contributed by atoms with van der Waals surface area (Å²) in [6.45, 7) is 5.84. The predicted molar refractivity (Wildman–Crippen MR) is 145 cm³/mol. The van der Waals surface area contributed by atoms with Crippen LogP contribution in [0.3, 0.4) is 0 Å². The summed E-state index contributed by atoms with van der Waals surface area (Å²) in [6.07, 6.45) is 6.84. The molecule has 3 fully saturated rings. The molecule has 38 heavy (non-hydrogen) atoms. The van der Waals surface area contributed by atoms with Gasteiger partial charge in [0, 0.05) is 45.4 Å². The quantitative estimate of drug-likeness (QED) is 0.372. The lowest BCUT2D eigenvalue weighted by Crippen LogP contribution is -2.67. The van der Waals surface area contributed by atoms with Crippen molar-refractivity contribution in [2.24, 2.45) is 0 Å². The minimum atomic E-state index is -0.111. The molecule has 0 radical (unpaired) electrons. The van der Waals surface area contributed by atoms with Gasteiger partial charge in [-0.15, -0.1) is 0 Å². The Labute approximate surface area is 225 Å². The second kappa shape index (κ2) is 11.9. The maximum atomic E-state index is 13.7. The van der Waals surface area contributed by atoms with Crippen LogP contribution in [0.5, 0.6) is 5.75 Å². The van der Waals surface area contributed by atoms with E-state index in [1.807, 2.05) is 58.3 Å². The molecule has 0 unspecified atom stereocenters. The van der Waals surface area contributed by atoms with Crippen molar-refractivity contribution in [1.82, 2.24) is 14.8 Å². The van der Waals surface area contributed by atoms with E-state index in [4.69, 9.17) is 10.00 Å². The molecule has 0 aliphatic carbocycles. The number of benzene rings is 2. The Balaban J connectivity index is 1.23. The van der Waals surface area contributed by atoms with Crippen LogP contribution in [0.2, 0.25) is 0 Å². The maximum Gasteiger partial charge on any atom is 0.373 e. The highest BCUT2D eigenvalue weighted by Crippen LogP contribution is 2.29. The Kier molecular flexibility index (Phi) is 8.14. The average molecular weight is 517 g/mol. The lowest BCUT2D eigenvalue weighted by atomic mass is 10.0. The van der Waals surface area contributed by atoms with Crippen LogP contribution >= 0.6 is 0 Å². The van der Waals surface area contributed by atoms with E-state index in [9.17, 15) is 9.59 Å². The highest BCUT2D eigenvalue weighted by Gasteiger charge is 2.49. The minimum absolute atomic E-state index is 0.111. The number of urea groups is 2. The summed E-state index contributed by atoms with van der Waals surface area (Å²) in [5.41, 5.74) is 2.77. The third-order valence-corrected chi connectivity index (χ3v) is 8.13. The van der Waals surface area contributed by atoms with Gasteiger partial charge in [-0.2, -0.15) is 5.26 Å². The van der Waals surface area contributed by atoms with Gasteiger partial charge in [0.15, 0.2) is 0 Å². The van der Waals surface area contributed by atoms with E-state index in [1.165, 1.54) is 0 Å². The van der Waals surface area contributed by atoms with Gasteiger partial charge in [-0.25, -0.2) is 14.2 Å². The number of ether oxygens (including phenoxy) is 1. The zero-order chi connectivity index (χ0) is 26.4. The topological polar surface area (TPSA) is 76.9 Å². The van der Waals surface area contributed by atoms with Gasteiger partial charge >= 0.3 is 12.1 Å². The van der Waals surface area contributed by atoms with Crippen molar-refractivity contribution in [3.8, 4) is 22.9 Å². The maximum absolute atomic E-state index is 13.7. The number of amides is 4. The van der Waals surface area contributed by atoms with Crippen LogP contribution < -0.4 is 4.74 Å². The summed E-state index contributed by atoms with van der Waals surface area (Å²) in [5, 5.41) is 10.6. The summed E-state index contributed by atoms with van der Waals surface area (Å²) >= 11 is 0. The zero-order valence-electron chi connectivity index (χ0n) is 22.2. The first-order valence-corrected chi connectivity index (χ1v) is 14.1. The fraction of sp³-hybridized carbons (Fsp3) is 0.500. The number of likely N-dealkylation sites (tertiary alicyclic amines) is 3. The molecule has 4 amide bonds. The number of quaternary nitrogens is 1. The van der Waals surface area contributed by atoms with Gasteiger partial charge < -0.3 is 14.5 Å².